The molecule has 0 saturated heterocycles. The molecule has 2 aromatic carbocycles. The molecule has 2 amide bonds. The van der Waals surface area contributed by atoms with Crippen molar-refractivity contribution < 1.29 is 9.59 Å². The smallest absolute Gasteiger partial charge is 0.242 e. The van der Waals surface area contributed by atoms with Crippen LogP contribution < -0.4 is 5.32 Å². The van der Waals surface area contributed by atoms with Crippen molar-refractivity contribution in [3.8, 4) is 0 Å². The lowest BCUT2D eigenvalue weighted by Crippen LogP contribution is -2.49. The van der Waals surface area contributed by atoms with Crippen molar-refractivity contribution in [3.05, 3.63) is 70.2 Å². The predicted molar refractivity (Wildman–Crippen MR) is 122 cm³/mol. The number of hydrogen-bond donors (Lipinski definition) is 1. The number of hydrogen-bond acceptors (Lipinski definition) is 3. The van der Waals surface area contributed by atoms with Gasteiger partial charge in [-0.15, -0.1) is 11.8 Å². The number of carbonyl (C=O) groups excluding carboxylic acids is 2. The van der Waals surface area contributed by atoms with Crippen molar-refractivity contribution in [2.75, 3.05) is 12.3 Å². The molecule has 2 rings (SSSR count). The maximum Gasteiger partial charge on any atom is 0.242 e. The van der Waals surface area contributed by atoms with E-state index in [2.05, 4.69) is 5.32 Å². The average Bonchev–Trinajstić information content (AvgIpc) is 2.71. The van der Waals surface area contributed by atoms with Crippen molar-refractivity contribution in [3.63, 3.8) is 0 Å². The van der Waals surface area contributed by atoms with Crippen molar-refractivity contribution in [2.24, 2.45) is 0 Å². The molecule has 0 radical (unpaired) electrons. The molecule has 0 saturated carbocycles. The fourth-order valence-corrected chi connectivity index (χ4v) is 4.10. The van der Waals surface area contributed by atoms with Gasteiger partial charge in [0.25, 0.3) is 0 Å². The molecule has 2 aromatic rings. The molecule has 0 aliphatic heterocycles. The molecule has 0 unspecified atom stereocenters. The van der Waals surface area contributed by atoms with Gasteiger partial charge in [-0.05, 0) is 49.1 Å². The molecule has 0 aliphatic carbocycles. The van der Waals surface area contributed by atoms with Crippen LogP contribution in [0.4, 0.5) is 0 Å². The summed E-state index contributed by atoms with van der Waals surface area (Å²) in [6, 6.07) is 15.2. The van der Waals surface area contributed by atoms with E-state index in [0.29, 0.717) is 30.3 Å². The molecule has 1 N–H and O–H groups in total. The topological polar surface area (TPSA) is 49.4 Å². The van der Waals surface area contributed by atoms with Gasteiger partial charge in [0.2, 0.25) is 11.8 Å². The third kappa shape index (κ3) is 7.09. The Bertz CT molecular complexity index is 811. The van der Waals surface area contributed by atoms with Gasteiger partial charge in [-0.1, -0.05) is 54.9 Å². The first-order valence-corrected chi connectivity index (χ1v) is 11.4. The lowest BCUT2D eigenvalue weighted by Gasteiger charge is -2.31. The van der Waals surface area contributed by atoms with Gasteiger partial charge in [-0.25, -0.2) is 0 Å². The van der Waals surface area contributed by atoms with E-state index in [1.54, 1.807) is 16.7 Å². The molecular formula is C23H29ClN2O2S. The van der Waals surface area contributed by atoms with Gasteiger partial charge < -0.3 is 10.2 Å². The van der Waals surface area contributed by atoms with Crippen LogP contribution in [0.2, 0.25) is 5.02 Å². The zero-order chi connectivity index (χ0) is 21.2. The highest BCUT2D eigenvalue weighted by molar-refractivity contribution is 7.99. The Morgan fingerprint density at radius 3 is 2.41 bits per heavy atom. The standard InChI is InChI=1S/C23H29ClN2O2S/c1-4-21(23(28)25-5-2)26(14-19-9-7-6-8-17(19)3)22(27)16-29-15-18-10-12-20(24)13-11-18/h6-13,21H,4-5,14-16H2,1-3H3,(H,25,28)/t21-/m0/s1. The van der Waals surface area contributed by atoms with Gasteiger partial charge in [0.1, 0.15) is 6.04 Å². The Labute approximate surface area is 183 Å². The van der Waals surface area contributed by atoms with E-state index < -0.39 is 6.04 Å². The minimum atomic E-state index is -0.474. The molecule has 156 valence electrons. The van der Waals surface area contributed by atoms with Crippen LogP contribution >= 0.6 is 23.4 Å². The second-order valence-electron chi connectivity index (χ2n) is 6.89. The first-order chi connectivity index (χ1) is 14.0. The molecule has 4 nitrogen and oxygen atoms in total. The van der Waals surface area contributed by atoms with Crippen LogP contribution in [0.3, 0.4) is 0 Å². The van der Waals surface area contributed by atoms with Crippen LogP contribution in [0.15, 0.2) is 48.5 Å². The van der Waals surface area contributed by atoms with Gasteiger partial charge >= 0.3 is 0 Å². The number of thioether (sulfide) groups is 1. The zero-order valence-electron chi connectivity index (χ0n) is 17.3. The van der Waals surface area contributed by atoms with E-state index >= 15 is 0 Å². The van der Waals surface area contributed by atoms with E-state index in [1.807, 2.05) is 69.3 Å². The summed E-state index contributed by atoms with van der Waals surface area (Å²) in [5.74, 6) is 0.925. The Balaban J connectivity index is 2.11. The summed E-state index contributed by atoms with van der Waals surface area (Å²) in [6.45, 7) is 6.84. The minimum absolute atomic E-state index is 0.0229. The van der Waals surface area contributed by atoms with Gasteiger partial charge in [0.15, 0.2) is 0 Å². The highest BCUT2D eigenvalue weighted by Crippen LogP contribution is 2.19. The molecule has 0 aliphatic rings. The molecule has 0 aromatic heterocycles. The van der Waals surface area contributed by atoms with Gasteiger partial charge in [-0.3, -0.25) is 9.59 Å². The minimum Gasteiger partial charge on any atom is -0.355 e. The third-order valence-electron chi connectivity index (χ3n) is 4.75. The van der Waals surface area contributed by atoms with Crippen LogP contribution in [0.1, 0.15) is 37.0 Å². The van der Waals surface area contributed by atoms with E-state index in [-0.39, 0.29) is 11.8 Å². The third-order valence-corrected chi connectivity index (χ3v) is 5.99. The number of aryl methyl sites for hydroxylation is 1. The van der Waals surface area contributed by atoms with E-state index in [0.717, 1.165) is 22.4 Å². The van der Waals surface area contributed by atoms with E-state index in [1.165, 1.54) is 0 Å². The fraction of sp³-hybridized carbons (Fsp3) is 0.391. The van der Waals surface area contributed by atoms with Crippen LogP contribution in [-0.2, 0) is 21.9 Å². The number of likely N-dealkylation sites (N-methyl/N-ethyl adjacent to an activating group) is 1. The lowest BCUT2D eigenvalue weighted by atomic mass is 10.1. The van der Waals surface area contributed by atoms with Crippen LogP contribution in [-0.4, -0.2) is 35.1 Å². The Morgan fingerprint density at radius 1 is 1.10 bits per heavy atom. The van der Waals surface area contributed by atoms with Gasteiger partial charge in [-0.2, -0.15) is 0 Å². The summed E-state index contributed by atoms with van der Waals surface area (Å²) in [6.07, 6.45) is 0.575. The summed E-state index contributed by atoms with van der Waals surface area (Å²) in [7, 11) is 0. The SMILES string of the molecule is CCNC(=O)[C@H](CC)N(Cc1ccccc1C)C(=O)CSCc1ccc(Cl)cc1. The quantitative estimate of drug-likeness (QED) is 0.585. The first kappa shape index (κ1) is 23.3. The van der Waals surface area contributed by atoms with Crippen molar-refractivity contribution in [1.29, 1.82) is 0 Å². The number of rotatable bonds is 10. The number of halogens is 1. The molecule has 6 heteroatoms. The van der Waals surface area contributed by atoms with Gasteiger partial charge in [0, 0.05) is 23.9 Å². The molecule has 0 bridgehead atoms. The summed E-state index contributed by atoms with van der Waals surface area (Å²) in [5, 5.41) is 3.57. The van der Waals surface area contributed by atoms with Crippen LogP contribution in [0, 0.1) is 6.92 Å². The molecular weight excluding hydrogens is 404 g/mol. The number of amides is 2. The number of benzene rings is 2. The normalized spacial score (nSPS) is 11.7. The maximum absolute atomic E-state index is 13.1. The van der Waals surface area contributed by atoms with Gasteiger partial charge in [0.05, 0.1) is 5.75 Å². The van der Waals surface area contributed by atoms with E-state index in [4.69, 9.17) is 11.6 Å². The Hall–Kier alpha value is -1.98. The van der Waals surface area contributed by atoms with Crippen molar-refractivity contribution in [2.45, 2.75) is 45.5 Å². The summed E-state index contributed by atoms with van der Waals surface area (Å²) >= 11 is 7.48. The second kappa shape index (κ2) is 11.9. The second-order valence-corrected chi connectivity index (χ2v) is 8.31. The predicted octanol–water partition coefficient (Wildman–Crippen LogP) is 4.83. The van der Waals surface area contributed by atoms with E-state index in [9.17, 15) is 9.59 Å². The number of nitrogens with zero attached hydrogens (tertiary/aromatic N) is 1. The lowest BCUT2D eigenvalue weighted by molar-refractivity contribution is -0.139. The first-order valence-electron chi connectivity index (χ1n) is 9.90. The van der Waals surface area contributed by atoms with Crippen LogP contribution in [0.5, 0.6) is 0 Å². The molecule has 29 heavy (non-hydrogen) atoms. The summed E-state index contributed by atoms with van der Waals surface area (Å²) in [5.41, 5.74) is 3.30. The summed E-state index contributed by atoms with van der Waals surface area (Å²) < 4.78 is 0. The zero-order valence-corrected chi connectivity index (χ0v) is 18.9. The Kier molecular flexibility index (Phi) is 9.55. The highest BCUT2D eigenvalue weighted by Gasteiger charge is 2.28. The number of nitrogens with one attached hydrogen (secondary N) is 1. The maximum atomic E-state index is 13.1. The van der Waals surface area contributed by atoms with Crippen molar-refractivity contribution in [1.82, 2.24) is 10.2 Å². The Morgan fingerprint density at radius 2 is 1.79 bits per heavy atom. The molecule has 0 spiro atoms. The average molecular weight is 433 g/mol. The molecule has 1 atom stereocenters. The number of carbonyl (C=O) groups is 2. The highest BCUT2D eigenvalue weighted by atomic mass is 35.5. The monoisotopic (exact) mass is 432 g/mol. The summed E-state index contributed by atoms with van der Waals surface area (Å²) in [4.78, 5) is 27.4. The van der Waals surface area contributed by atoms with Crippen molar-refractivity contribution >= 4 is 35.2 Å². The molecule has 0 fully saturated rings. The van der Waals surface area contributed by atoms with Crippen LogP contribution in [0.25, 0.3) is 0 Å². The molecule has 0 heterocycles. The largest absolute Gasteiger partial charge is 0.355 e. The fourth-order valence-electron chi connectivity index (χ4n) is 3.10.